The number of rotatable bonds is 8. The van der Waals surface area contributed by atoms with Crippen LogP contribution in [-0.4, -0.2) is 76.6 Å². The van der Waals surface area contributed by atoms with E-state index in [0.717, 1.165) is 31.4 Å². The van der Waals surface area contributed by atoms with E-state index >= 15 is 0 Å². The maximum atomic E-state index is 14.4. The van der Waals surface area contributed by atoms with E-state index in [-0.39, 0.29) is 48.5 Å². The fourth-order valence-corrected chi connectivity index (χ4v) is 7.57. The van der Waals surface area contributed by atoms with Crippen molar-refractivity contribution in [2.75, 3.05) is 24.7 Å². The Kier molecular flexibility index (Phi) is 7.70. The van der Waals surface area contributed by atoms with Crippen LogP contribution in [0.2, 0.25) is 0 Å². The second-order valence-corrected chi connectivity index (χ2v) is 12.9. The molecule has 46 heavy (non-hydrogen) atoms. The van der Waals surface area contributed by atoms with Gasteiger partial charge in [-0.3, -0.25) is 19.3 Å². The number of alkyl halides is 3. The molecule has 1 N–H and O–H groups in total. The van der Waals surface area contributed by atoms with E-state index in [0.29, 0.717) is 55.3 Å². The predicted octanol–water partition coefficient (Wildman–Crippen LogP) is 3.85. The number of piperidine rings is 1. The highest BCUT2D eigenvalue weighted by Gasteiger charge is 2.57. The maximum Gasteiger partial charge on any atom is 0.573 e. The number of anilines is 1. The van der Waals surface area contributed by atoms with E-state index in [1.807, 2.05) is 11.6 Å². The summed E-state index contributed by atoms with van der Waals surface area (Å²) in [5.74, 6) is -1.01. The van der Waals surface area contributed by atoms with Gasteiger partial charge in [0.15, 0.2) is 5.69 Å². The number of carbonyl (C=O) groups is 3. The molecule has 2 saturated heterocycles. The van der Waals surface area contributed by atoms with Gasteiger partial charge in [0.25, 0.3) is 11.8 Å². The summed E-state index contributed by atoms with van der Waals surface area (Å²) < 4.78 is 49.1. The van der Waals surface area contributed by atoms with Gasteiger partial charge in [0.05, 0.1) is 18.5 Å². The van der Waals surface area contributed by atoms with Crippen LogP contribution < -0.4 is 15.0 Å². The highest BCUT2D eigenvalue weighted by Crippen LogP contribution is 2.53. The first-order chi connectivity index (χ1) is 22.1. The fourth-order valence-electron chi connectivity index (χ4n) is 7.57. The first-order valence-corrected chi connectivity index (χ1v) is 16.0. The Morgan fingerprint density at radius 3 is 2.46 bits per heavy atom. The van der Waals surface area contributed by atoms with Gasteiger partial charge < -0.3 is 19.7 Å². The number of amides is 3. The van der Waals surface area contributed by atoms with Crippen molar-refractivity contribution in [1.29, 1.82) is 5.26 Å². The van der Waals surface area contributed by atoms with Gasteiger partial charge in [0.1, 0.15) is 23.7 Å². The normalized spacial score (nSPS) is 27.5. The SMILES string of the molecule is CCN1C(=O)[C@@H](NC(=O)Cc2ccc(OC(F)(F)F)cc2)[C@@H](C2CC2)c2c(C(=O)N3[C@H](C#N)C[C@H]4C[C@H]43)nn(C3CCOCC3)c21. The summed E-state index contributed by atoms with van der Waals surface area (Å²) >= 11 is 0. The lowest BCUT2D eigenvalue weighted by molar-refractivity contribution is -0.274. The van der Waals surface area contributed by atoms with Crippen LogP contribution in [0.5, 0.6) is 5.75 Å². The van der Waals surface area contributed by atoms with Gasteiger partial charge in [-0.15, -0.1) is 13.2 Å². The van der Waals surface area contributed by atoms with Crippen LogP contribution in [0.15, 0.2) is 24.3 Å². The topological polar surface area (TPSA) is 130 Å². The molecule has 3 aliphatic heterocycles. The first-order valence-electron chi connectivity index (χ1n) is 16.0. The fraction of sp³-hybridized carbons (Fsp3) is 0.594. The molecule has 0 unspecified atom stereocenters. The molecule has 0 bridgehead atoms. The number of likely N-dealkylation sites (tertiary alicyclic amines) is 1. The molecule has 14 heteroatoms. The molecule has 2 aromatic rings. The van der Waals surface area contributed by atoms with Crippen molar-refractivity contribution in [2.24, 2.45) is 11.8 Å². The lowest BCUT2D eigenvalue weighted by Gasteiger charge is -2.39. The van der Waals surface area contributed by atoms with Crippen molar-refractivity contribution in [3.05, 3.63) is 41.1 Å². The first kappa shape index (κ1) is 30.5. The number of nitriles is 1. The molecule has 5 atom stereocenters. The molecule has 4 heterocycles. The number of likely N-dealkylation sites (N-methyl/N-ethyl adjacent to an activating group) is 1. The minimum atomic E-state index is -4.83. The average molecular weight is 641 g/mol. The third-order valence-corrected chi connectivity index (χ3v) is 9.91. The lowest BCUT2D eigenvalue weighted by atomic mass is 9.82. The number of nitrogens with zero attached hydrogens (tertiary/aromatic N) is 5. The van der Waals surface area contributed by atoms with Crippen molar-refractivity contribution >= 4 is 23.5 Å². The summed E-state index contributed by atoms with van der Waals surface area (Å²) in [6.45, 7) is 3.19. The standard InChI is InChI=1S/C32H35F3N6O5/c1-2-39-29-26(28(38-41(29)20-9-11-45-12-10-20)31(44)40-21(16-36)14-19-15-23(19)40)25(18-5-6-18)27(30(39)43)37-24(42)13-17-3-7-22(8-4-17)46-32(33,34)35/h3-4,7-8,18-21,23,25,27H,2,5-6,9-15H2,1H3,(H,37,42)/t19-,21-,23+,25-,27-/m0/s1. The van der Waals surface area contributed by atoms with Crippen LogP contribution in [0, 0.1) is 23.2 Å². The molecule has 2 aliphatic carbocycles. The molecule has 1 aromatic carbocycles. The molecule has 1 aromatic heterocycles. The molecule has 11 nitrogen and oxygen atoms in total. The van der Waals surface area contributed by atoms with Gasteiger partial charge in [-0.2, -0.15) is 10.4 Å². The predicted molar refractivity (Wildman–Crippen MR) is 156 cm³/mol. The van der Waals surface area contributed by atoms with Crippen molar-refractivity contribution in [2.45, 2.75) is 88.3 Å². The van der Waals surface area contributed by atoms with Crippen LogP contribution in [-0.2, 0) is 20.7 Å². The van der Waals surface area contributed by atoms with Crippen molar-refractivity contribution in [3.8, 4) is 11.8 Å². The molecule has 7 rings (SSSR count). The Morgan fingerprint density at radius 1 is 1.11 bits per heavy atom. The Labute approximate surface area is 263 Å². The number of benzene rings is 1. The highest BCUT2D eigenvalue weighted by atomic mass is 19.4. The number of halogens is 3. The van der Waals surface area contributed by atoms with E-state index < -0.39 is 36.0 Å². The summed E-state index contributed by atoms with van der Waals surface area (Å²) in [5.41, 5.74) is 1.35. The number of fused-ring (bicyclic) bond motifs is 2. The lowest BCUT2D eigenvalue weighted by Crippen LogP contribution is -2.56. The van der Waals surface area contributed by atoms with Crippen LogP contribution in [0.4, 0.5) is 19.0 Å². The van der Waals surface area contributed by atoms with Gasteiger partial charge in [-0.1, -0.05) is 12.1 Å². The summed E-state index contributed by atoms with van der Waals surface area (Å²) in [4.78, 5) is 45.3. The van der Waals surface area contributed by atoms with E-state index in [1.54, 1.807) is 9.80 Å². The molecular formula is C32H35F3N6O5. The van der Waals surface area contributed by atoms with Crippen molar-refractivity contribution in [3.63, 3.8) is 0 Å². The quantitative estimate of drug-likeness (QED) is 0.464. The molecule has 0 radical (unpaired) electrons. The van der Waals surface area contributed by atoms with Gasteiger partial charge in [0, 0.05) is 37.3 Å². The Balaban J connectivity index is 1.23. The van der Waals surface area contributed by atoms with Crippen molar-refractivity contribution in [1.82, 2.24) is 20.0 Å². The molecule has 244 valence electrons. The number of aromatic nitrogens is 2. The number of carbonyl (C=O) groups excluding carboxylic acids is 3. The zero-order chi connectivity index (χ0) is 32.3. The summed E-state index contributed by atoms with van der Waals surface area (Å²) in [7, 11) is 0. The van der Waals surface area contributed by atoms with Crippen LogP contribution in [0.1, 0.15) is 79.0 Å². The van der Waals surface area contributed by atoms with Gasteiger partial charge in [0.2, 0.25) is 5.91 Å². The summed E-state index contributed by atoms with van der Waals surface area (Å²) in [6.07, 6.45) is -0.507. The zero-order valence-corrected chi connectivity index (χ0v) is 25.3. The largest absolute Gasteiger partial charge is 0.573 e. The zero-order valence-electron chi connectivity index (χ0n) is 25.3. The van der Waals surface area contributed by atoms with E-state index in [4.69, 9.17) is 9.84 Å². The van der Waals surface area contributed by atoms with E-state index in [9.17, 15) is 32.8 Å². The third kappa shape index (κ3) is 5.59. The molecule has 5 aliphatic rings. The molecule has 3 amide bonds. The minimum absolute atomic E-state index is 0.0105. The summed E-state index contributed by atoms with van der Waals surface area (Å²) in [6, 6.07) is 5.75. The van der Waals surface area contributed by atoms with E-state index in [1.165, 1.54) is 12.1 Å². The second kappa shape index (κ2) is 11.6. The number of nitrogens with one attached hydrogen (secondary N) is 1. The molecular weight excluding hydrogens is 605 g/mol. The van der Waals surface area contributed by atoms with Gasteiger partial charge >= 0.3 is 6.36 Å². The smallest absolute Gasteiger partial charge is 0.406 e. The van der Waals surface area contributed by atoms with Crippen LogP contribution in [0.25, 0.3) is 0 Å². The van der Waals surface area contributed by atoms with Crippen molar-refractivity contribution < 1.29 is 37.0 Å². The molecule has 4 fully saturated rings. The molecule has 2 saturated carbocycles. The minimum Gasteiger partial charge on any atom is -0.406 e. The highest BCUT2D eigenvalue weighted by molar-refractivity contribution is 6.06. The molecule has 0 spiro atoms. The maximum absolute atomic E-state index is 14.4. The monoisotopic (exact) mass is 640 g/mol. The van der Waals surface area contributed by atoms with Crippen LogP contribution in [0.3, 0.4) is 0 Å². The average Bonchev–Trinajstić information content (AvgIpc) is 3.95. The Morgan fingerprint density at radius 2 is 1.83 bits per heavy atom. The van der Waals surface area contributed by atoms with Crippen LogP contribution >= 0.6 is 0 Å². The second-order valence-electron chi connectivity index (χ2n) is 12.9. The summed E-state index contributed by atoms with van der Waals surface area (Å²) in [5, 5.41) is 17.8. The Hall–Kier alpha value is -4.12. The number of hydrogen-bond donors (Lipinski definition) is 1. The van der Waals surface area contributed by atoms with Gasteiger partial charge in [-0.25, -0.2) is 4.68 Å². The van der Waals surface area contributed by atoms with Gasteiger partial charge in [-0.05, 0) is 75.0 Å². The number of ether oxygens (including phenoxy) is 2. The third-order valence-electron chi connectivity index (χ3n) is 9.91. The Bertz CT molecular complexity index is 1580. The van der Waals surface area contributed by atoms with E-state index in [2.05, 4.69) is 16.1 Å². The number of hydrogen-bond acceptors (Lipinski definition) is 7.